The third-order valence-corrected chi connectivity index (χ3v) is 4.06. The van der Waals surface area contributed by atoms with E-state index in [2.05, 4.69) is 10.5 Å². The van der Waals surface area contributed by atoms with Crippen molar-refractivity contribution in [1.29, 1.82) is 0 Å². The maximum Gasteiger partial charge on any atom is 0.245 e. The molecule has 2 aromatic rings. The first-order valence-corrected chi connectivity index (χ1v) is 7.68. The largest absolute Gasteiger partial charge is 0.360 e. The van der Waals surface area contributed by atoms with E-state index in [-0.39, 0.29) is 36.0 Å². The van der Waals surface area contributed by atoms with Crippen LogP contribution in [-0.4, -0.2) is 35.5 Å². The van der Waals surface area contributed by atoms with Gasteiger partial charge in [-0.2, -0.15) is 0 Å². The van der Waals surface area contributed by atoms with Gasteiger partial charge in [-0.15, -0.1) is 0 Å². The van der Waals surface area contributed by atoms with Crippen molar-refractivity contribution in [3.05, 3.63) is 47.5 Å². The second-order valence-corrected chi connectivity index (χ2v) is 6.04. The molecule has 2 amide bonds. The predicted octanol–water partition coefficient (Wildman–Crippen LogP) is 2.32. The molecule has 1 saturated carbocycles. The molecule has 1 N–H and O–H groups in total. The Morgan fingerprint density at radius 2 is 2.17 bits per heavy atom. The highest BCUT2D eigenvalue weighted by Crippen LogP contribution is 2.49. The Balaban J connectivity index is 1.54. The predicted molar refractivity (Wildman–Crippen MR) is 84.8 cm³/mol. The molecule has 1 aromatic heterocycles. The van der Waals surface area contributed by atoms with Gasteiger partial charge in [-0.3, -0.25) is 9.59 Å². The van der Waals surface area contributed by atoms with Crippen molar-refractivity contribution in [2.75, 3.05) is 18.9 Å². The molecule has 1 fully saturated rings. The van der Waals surface area contributed by atoms with E-state index in [1.807, 2.05) is 0 Å². The monoisotopic (exact) mass is 331 g/mol. The zero-order chi connectivity index (χ0) is 17.3. The minimum absolute atomic E-state index is 0.0920. The second-order valence-electron chi connectivity index (χ2n) is 6.04. The van der Waals surface area contributed by atoms with Crippen LogP contribution in [0.3, 0.4) is 0 Å². The van der Waals surface area contributed by atoms with E-state index in [4.69, 9.17) is 4.52 Å². The van der Waals surface area contributed by atoms with Gasteiger partial charge in [-0.25, -0.2) is 4.39 Å². The number of hydrogen-bond donors (Lipinski definition) is 1. The second kappa shape index (κ2) is 6.43. The SMILES string of the molecule is Cc1cc(NC(=O)CN(C)C(=O)C2CC2c2ccccc2F)no1. The van der Waals surface area contributed by atoms with Crippen LogP contribution in [0.1, 0.15) is 23.7 Å². The molecule has 6 nitrogen and oxygen atoms in total. The molecule has 1 aliphatic carbocycles. The number of hydrogen-bond acceptors (Lipinski definition) is 4. The average molecular weight is 331 g/mol. The van der Waals surface area contributed by atoms with Gasteiger partial charge in [-0.05, 0) is 30.9 Å². The van der Waals surface area contributed by atoms with Crippen LogP contribution in [0.2, 0.25) is 0 Å². The van der Waals surface area contributed by atoms with Crippen LogP contribution in [0.4, 0.5) is 10.2 Å². The number of aryl methyl sites for hydroxylation is 1. The number of benzene rings is 1. The fourth-order valence-corrected chi connectivity index (χ4v) is 2.77. The molecule has 24 heavy (non-hydrogen) atoms. The smallest absolute Gasteiger partial charge is 0.245 e. The van der Waals surface area contributed by atoms with Crippen LogP contribution in [0.15, 0.2) is 34.9 Å². The minimum Gasteiger partial charge on any atom is -0.360 e. The summed E-state index contributed by atoms with van der Waals surface area (Å²) in [5, 5.41) is 6.23. The molecular weight excluding hydrogens is 313 g/mol. The van der Waals surface area contributed by atoms with Crippen molar-refractivity contribution in [2.24, 2.45) is 5.92 Å². The fraction of sp³-hybridized carbons (Fsp3) is 0.353. The highest BCUT2D eigenvalue weighted by atomic mass is 19.1. The van der Waals surface area contributed by atoms with Crippen molar-refractivity contribution in [2.45, 2.75) is 19.3 Å². The van der Waals surface area contributed by atoms with Gasteiger partial charge in [0.25, 0.3) is 0 Å². The van der Waals surface area contributed by atoms with Gasteiger partial charge < -0.3 is 14.7 Å². The third kappa shape index (κ3) is 3.45. The van der Waals surface area contributed by atoms with Gasteiger partial charge in [0.2, 0.25) is 11.8 Å². The molecule has 0 bridgehead atoms. The Hall–Kier alpha value is -2.70. The lowest BCUT2D eigenvalue weighted by Crippen LogP contribution is -2.36. The molecule has 0 saturated heterocycles. The molecule has 7 heteroatoms. The summed E-state index contributed by atoms with van der Waals surface area (Å²) in [6.07, 6.45) is 0.605. The summed E-state index contributed by atoms with van der Waals surface area (Å²) in [5.41, 5.74) is 0.562. The Bertz CT molecular complexity index is 774. The van der Waals surface area contributed by atoms with Crippen molar-refractivity contribution < 1.29 is 18.5 Å². The van der Waals surface area contributed by atoms with Crippen molar-refractivity contribution in [3.8, 4) is 0 Å². The highest BCUT2D eigenvalue weighted by molar-refractivity contribution is 5.94. The third-order valence-electron chi connectivity index (χ3n) is 4.06. The average Bonchev–Trinajstić information content (AvgIpc) is 3.22. The summed E-state index contributed by atoms with van der Waals surface area (Å²) < 4.78 is 18.6. The summed E-state index contributed by atoms with van der Waals surface area (Å²) in [6, 6.07) is 8.07. The number of likely N-dealkylation sites (N-methyl/N-ethyl adjacent to an activating group) is 1. The van der Waals surface area contributed by atoms with E-state index in [1.165, 1.54) is 11.0 Å². The molecule has 2 atom stereocenters. The van der Waals surface area contributed by atoms with Gasteiger partial charge >= 0.3 is 0 Å². The molecule has 126 valence electrons. The zero-order valence-electron chi connectivity index (χ0n) is 13.5. The highest BCUT2D eigenvalue weighted by Gasteiger charge is 2.46. The number of carbonyl (C=O) groups is 2. The first-order chi connectivity index (χ1) is 11.5. The quantitative estimate of drug-likeness (QED) is 0.912. The topological polar surface area (TPSA) is 75.4 Å². The molecule has 2 unspecified atom stereocenters. The lowest BCUT2D eigenvalue weighted by atomic mass is 10.1. The van der Waals surface area contributed by atoms with Crippen LogP contribution in [0, 0.1) is 18.7 Å². The van der Waals surface area contributed by atoms with E-state index in [9.17, 15) is 14.0 Å². The summed E-state index contributed by atoms with van der Waals surface area (Å²) in [5.74, 6) is -0.289. The maximum absolute atomic E-state index is 13.8. The van der Waals surface area contributed by atoms with E-state index >= 15 is 0 Å². The van der Waals surface area contributed by atoms with Gasteiger partial charge in [0, 0.05) is 19.0 Å². The van der Waals surface area contributed by atoms with Gasteiger partial charge in [0.05, 0.1) is 6.54 Å². The minimum atomic E-state index is -0.359. The van der Waals surface area contributed by atoms with Gasteiger partial charge in [0.1, 0.15) is 11.6 Å². The first kappa shape index (κ1) is 16.2. The number of aromatic nitrogens is 1. The van der Waals surface area contributed by atoms with Crippen molar-refractivity contribution in [1.82, 2.24) is 10.1 Å². The van der Waals surface area contributed by atoms with E-state index < -0.39 is 0 Å². The van der Waals surface area contributed by atoms with E-state index in [1.54, 1.807) is 38.2 Å². The number of nitrogens with zero attached hydrogens (tertiary/aromatic N) is 2. The van der Waals surface area contributed by atoms with Crippen molar-refractivity contribution >= 4 is 17.6 Å². The summed E-state index contributed by atoms with van der Waals surface area (Å²) in [7, 11) is 1.56. The molecule has 0 spiro atoms. The molecule has 3 rings (SSSR count). The summed E-state index contributed by atoms with van der Waals surface area (Å²) in [4.78, 5) is 25.7. The van der Waals surface area contributed by atoms with Crippen molar-refractivity contribution in [3.63, 3.8) is 0 Å². The van der Waals surface area contributed by atoms with Crippen LogP contribution in [0.5, 0.6) is 0 Å². The number of anilines is 1. The number of amides is 2. The number of rotatable bonds is 5. The Kier molecular flexibility index (Phi) is 4.33. The molecule has 0 aliphatic heterocycles. The molecule has 1 aliphatic rings. The van der Waals surface area contributed by atoms with Crippen LogP contribution >= 0.6 is 0 Å². The summed E-state index contributed by atoms with van der Waals surface area (Å²) >= 11 is 0. The number of halogens is 1. The lowest BCUT2D eigenvalue weighted by molar-refractivity contribution is -0.134. The Labute approximate surface area is 138 Å². The molecule has 1 aromatic carbocycles. The van der Waals surface area contributed by atoms with E-state index in [0.29, 0.717) is 23.6 Å². The molecular formula is C17H18FN3O3. The summed E-state index contributed by atoms with van der Waals surface area (Å²) in [6.45, 7) is 1.62. The first-order valence-electron chi connectivity index (χ1n) is 7.68. The maximum atomic E-state index is 13.8. The Morgan fingerprint density at radius 3 is 2.83 bits per heavy atom. The normalized spacial score (nSPS) is 19.0. The fourth-order valence-electron chi connectivity index (χ4n) is 2.77. The number of carbonyl (C=O) groups excluding carboxylic acids is 2. The zero-order valence-corrected chi connectivity index (χ0v) is 13.5. The van der Waals surface area contributed by atoms with E-state index in [0.717, 1.165) is 0 Å². The lowest BCUT2D eigenvalue weighted by Gasteiger charge is -2.16. The van der Waals surface area contributed by atoms with Gasteiger partial charge in [0.15, 0.2) is 5.82 Å². The number of nitrogens with one attached hydrogen (secondary N) is 1. The van der Waals surface area contributed by atoms with Crippen LogP contribution < -0.4 is 5.32 Å². The Morgan fingerprint density at radius 1 is 1.42 bits per heavy atom. The van der Waals surface area contributed by atoms with Gasteiger partial charge in [-0.1, -0.05) is 23.4 Å². The molecule has 0 radical (unpaired) electrons. The standard InChI is InChI=1S/C17H18FN3O3/c1-10-7-15(20-24-10)19-16(22)9-21(2)17(23)13-8-12(13)11-5-3-4-6-14(11)18/h3-7,12-13H,8-9H2,1-2H3,(H,19,20,22). The molecule has 1 heterocycles. The van der Waals surface area contributed by atoms with Crippen LogP contribution in [0.25, 0.3) is 0 Å². The van der Waals surface area contributed by atoms with Crippen LogP contribution in [-0.2, 0) is 9.59 Å².